The summed E-state index contributed by atoms with van der Waals surface area (Å²) < 4.78 is 10.6. The number of ether oxygens (including phenoxy) is 1. The van der Waals surface area contributed by atoms with Crippen LogP contribution in [0.4, 0.5) is 0 Å². The standard InChI is InChI=1S/C20H15ClN4O4/c21-14-5-3-13(4-6-14)15-10-17(18-2-1-9-28-18)25(24-15)19(26)12-29-20(27)16-11-22-7-8-23-16/h1-9,11,17H,10,12H2. The van der Waals surface area contributed by atoms with Gasteiger partial charge < -0.3 is 9.15 Å². The van der Waals surface area contributed by atoms with E-state index in [2.05, 4.69) is 15.1 Å². The SMILES string of the molecule is O=C(OCC(=O)N1N=C(c2ccc(Cl)cc2)CC1c1ccco1)c1cnccn1. The number of benzene rings is 1. The van der Waals surface area contributed by atoms with Crippen molar-refractivity contribution in [1.82, 2.24) is 15.0 Å². The van der Waals surface area contributed by atoms with E-state index in [9.17, 15) is 9.59 Å². The number of hydrogen-bond acceptors (Lipinski definition) is 7. The van der Waals surface area contributed by atoms with Crippen molar-refractivity contribution in [3.63, 3.8) is 0 Å². The molecule has 0 bridgehead atoms. The van der Waals surface area contributed by atoms with Gasteiger partial charge in [0.05, 0.1) is 18.2 Å². The molecule has 1 amide bonds. The molecule has 146 valence electrons. The van der Waals surface area contributed by atoms with Crippen LogP contribution in [0, 0.1) is 0 Å². The Hall–Kier alpha value is -3.52. The van der Waals surface area contributed by atoms with Crippen molar-refractivity contribution in [1.29, 1.82) is 0 Å². The molecule has 0 radical (unpaired) electrons. The highest BCUT2D eigenvalue weighted by Crippen LogP contribution is 2.33. The number of furan rings is 1. The number of halogens is 1. The van der Waals surface area contributed by atoms with Crippen molar-refractivity contribution < 1.29 is 18.7 Å². The van der Waals surface area contributed by atoms with Crippen LogP contribution in [0.3, 0.4) is 0 Å². The molecule has 0 saturated heterocycles. The second kappa shape index (κ2) is 8.24. The molecule has 3 aromatic rings. The largest absolute Gasteiger partial charge is 0.467 e. The van der Waals surface area contributed by atoms with E-state index in [-0.39, 0.29) is 5.69 Å². The molecule has 9 heteroatoms. The molecule has 1 aliphatic heterocycles. The second-order valence-electron chi connectivity index (χ2n) is 6.19. The zero-order chi connectivity index (χ0) is 20.2. The fourth-order valence-electron chi connectivity index (χ4n) is 2.93. The first kappa shape index (κ1) is 18.8. The highest BCUT2D eigenvalue weighted by molar-refractivity contribution is 6.30. The number of hydrogen-bond donors (Lipinski definition) is 0. The molecule has 4 rings (SSSR count). The van der Waals surface area contributed by atoms with E-state index >= 15 is 0 Å². The maximum absolute atomic E-state index is 12.8. The van der Waals surface area contributed by atoms with Crippen molar-refractivity contribution in [2.75, 3.05) is 6.61 Å². The molecule has 0 aliphatic carbocycles. The monoisotopic (exact) mass is 410 g/mol. The van der Waals surface area contributed by atoms with E-state index in [1.54, 1.807) is 24.3 Å². The lowest BCUT2D eigenvalue weighted by Crippen LogP contribution is -2.31. The van der Waals surface area contributed by atoms with Gasteiger partial charge >= 0.3 is 5.97 Å². The summed E-state index contributed by atoms with van der Waals surface area (Å²) in [6, 6.07) is 10.3. The smallest absolute Gasteiger partial charge is 0.359 e. The number of carbonyl (C=O) groups is 2. The molecule has 0 spiro atoms. The second-order valence-corrected chi connectivity index (χ2v) is 6.63. The van der Waals surface area contributed by atoms with Crippen LogP contribution in [0.5, 0.6) is 0 Å². The molecule has 1 unspecified atom stereocenters. The maximum Gasteiger partial charge on any atom is 0.359 e. The van der Waals surface area contributed by atoms with Crippen molar-refractivity contribution in [3.05, 3.63) is 83.3 Å². The van der Waals surface area contributed by atoms with Gasteiger partial charge in [-0.1, -0.05) is 23.7 Å². The molecule has 1 atom stereocenters. The number of rotatable bonds is 5. The minimum Gasteiger partial charge on any atom is -0.467 e. The molecule has 0 N–H and O–H groups in total. The minimum atomic E-state index is -0.734. The number of esters is 1. The molecule has 8 nitrogen and oxygen atoms in total. The Balaban J connectivity index is 1.52. The molecule has 0 fully saturated rings. The fraction of sp³-hybridized carbons (Fsp3) is 0.150. The van der Waals surface area contributed by atoms with E-state index < -0.39 is 24.5 Å². The molecule has 29 heavy (non-hydrogen) atoms. The van der Waals surface area contributed by atoms with Crippen LogP contribution in [0.2, 0.25) is 5.02 Å². The van der Waals surface area contributed by atoms with E-state index in [0.29, 0.717) is 22.9 Å². The van der Waals surface area contributed by atoms with Crippen LogP contribution in [0.15, 0.2) is 70.8 Å². The van der Waals surface area contributed by atoms with Crippen LogP contribution in [-0.2, 0) is 9.53 Å². The summed E-state index contributed by atoms with van der Waals surface area (Å²) in [5.74, 6) is -0.624. The van der Waals surface area contributed by atoms with Crippen molar-refractivity contribution in [2.45, 2.75) is 12.5 Å². The normalized spacial score (nSPS) is 15.8. The van der Waals surface area contributed by atoms with Gasteiger partial charge in [0.15, 0.2) is 12.3 Å². The van der Waals surface area contributed by atoms with Crippen LogP contribution in [0.1, 0.15) is 34.3 Å². The Labute approximate surface area is 170 Å². The van der Waals surface area contributed by atoms with Crippen LogP contribution < -0.4 is 0 Å². The van der Waals surface area contributed by atoms with E-state index in [1.807, 2.05) is 12.1 Å². The Morgan fingerprint density at radius 1 is 1.21 bits per heavy atom. The molecule has 2 aromatic heterocycles. The number of carbonyl (C=O) groups excluding carboxylic acids is 2. The van der Waals surface area contributed by atoms with Gasteiger partial charge in [0.2, 0.25) is 0 Å². The Morgan fingerprint density at radius 2 is 2.03 bits per heavy atom. The van der Waals surface area contributed by atoms with Crippen molar-refractivity contribution in [3.8, 4) is 0 Å². The van der Waals surface area contributed by atoms with Gasteiger partial charge in [-0.3, -0.25) is 9.78 Å². The summed E-state index contributed by atoms with van der Waals surface area (Å²) in [6.45, 7) is -0.482. The van der Waals surface area contributed by atoms with Crippen LogP contribution in [-0.4, -0.2) is 39.2 Å². The van der Waals surface area contributed by atoms with Gasteiger partial charge in [0.25, 0.3) is 5.91 Å². The number of nitrogens with zero attached hydrogens (tertiary/aromatic N) is 4. The Kier molecular flexibility index (Phi) is 5.35. The summed E-state index contributed by atoms with van der Waals surface area (Å²) in [4.78, 5) is 32.4. The van der Waals surface area contributed by atoms with E-state index in [1.165, 1.54) is 29.9 Å². The molecule has 3 heterocycles. The summed E-state index contributed by atoms with van der Waals surface area (Å²) in [7, 11) is 0. The van der Waals surface area contributed by atoms with Gasteiger partial charge in [-0.2, -0.15) is 5.10 Å². The Morgan fingerprint density at radius 3 is 2.72 bits per heavy atom. The molecular weight excluding hydrogens is 396 g/mol. The van der Waals surface area contributed by atoms with Gasteiger partial charge in [0.1, 0.15) is 11.8 Å². The lowest BCUT2D eigenvalue weighted by atomic mass is 10.0. The van der Waals surface area contributed by atoms with Gasteiger partial charge in [-0.25, -0.2) is 14.8 Å². The fourth-order valence-corrected chi connectivity index (χ4v) is 3.06. The van der Waals surface area contributed by atoms with Crippen LogP contribution >= 0.6 is 11.6 Å². The molecule has 1 aliphatic rings. The van der Waals surface area contributed by atoms with Crippen molar-refractivity contribution >= 4 is 29.2 Å². The highest BCUT2D eigenvalue weighted by atomic mass is 35.5. The summed E-state index contributed by atoms with van der Waals surface area (Å²) in [5.41, 5.74) is 1.57. The summed E-state index contributed by atoms with van der Waals surface area (Å²) in [5, 5.41) is 6.35. The highest BCUT2D eigenvalue weighted by Gasteiger charge is 2.35. The number of aromatic nitrogens is 2. The zero-order valence-corrected chi connectivity index (χ0v) is 15.8. The molecule has 1 aromatic carbocycles. The first-order valence-electron chi connectivity index (χ1n) is 8.74. The maximum atomic E-state index is 12.8. The topological polar surface area (TPSA) is 97.9 Å². The molecular formula is C20H15ClN4O4. The lowest BCUT2D eigenvalue weighted by Gasteiger charge is -2.19. The van der Waals surface area contributed by atoms with Gasteiger partial charge in [0, 0.05) is 23.8 Å². The predicted molar refractivity (Wildman–Crippen MR) is 103 cm³/mol. The van der Waals surface area contributed by atoms with Crippen molar-refractivity contribution in [2.24, 2.45) is 5.10 Å². The predicted octanol–water partition coefficient (Wildman–Crippen LogP) is 3.26. The third kappa shape index (κ3) is 4.17. The first-order valence-corrected chi connectivity index (χ1v) is 9.11. The first-order chi connectivity index (χ1) is 14.1. The van der Waals surface area contributed by atoms with E-state index in [4.69, 9.17) is 20.8 Å². The third-order valence-electron chi connectivity index (χ3n) is 4.31. The van der Waals surface area contributed by atoms with Crippen LogP contribution in [0.25, 0.3) is 0 Å². The number of amides is 1. The van der Waals surface area contributed by atoms with Gasteiger partial charge in [-0.05, 0) is 29.8 Å². The average Bonchev–Trinajstić information content (AvgIpc) is 3.43. The Bertz CT molecular complexity index is 1040. The summed E-state index contributed by atoms with van der Waals surface area (Å²) >= 11 is 5.95. The van der Waals surface area contributed by atoms with E-state index in [0.717, 1.165) is 5.56 Å². The number of hydrazone groups is 1. The quantitative estimate of drug-likeness (QED) is 0.599. The summed E-state index contributed by atoms with van der Waals surface area (Å²) in [6.07, 6.45) is 6.07. The molecule has 0 saturated carbocycles. The zero-order valence-electron chi connectivity index (χ0n) is 15.1. The average molecular weight is 411 g/mol. The van der Waals surface area contributed by atoms with Gasteiger partial charge in [-0.15, -0.1) is 0 Å². The third-order valence-corrected chi connectivity index (χ3v) is 4.57. The lowest BCUT2D eigenvalue weighted by molar-refractivity contribution is -0.136. The minimum absolute atomic E-state index is 0.0228.